The topological polar surface area (TPSA) is 119 Å². The van der Waals surface area contributed by atoms with Gasteiger partial charge in [-0.2, -0.15) is 0 Å². The lowest BCUT2D eigenvalue weighted by atomic mass is 9.47. The van der Waals surface area contributed by atoms with Crippen LogP contribution < -0.4 is 0 Å². The van der Waals surface area contributed by atoms with E-state index < -0.39 is 13.8 Å². The Labute approximate surface area is 272 Å². The number of aliphatic carboxylic acids is 1. The first kappa shape index (κ1) is 36.8. The lowest BCUT2D eigenvalue weighted by Crippen LogP contribution is -2.51. The molecule has 0 aromatic heterocycles. The molecule has 0 spiro atoms. The molecule has 0 aliphatic heterocycles. The van der Waals surface area contributed by atoms with E-state index in [9.17, 15) is 19.0 Å². The van der Waals surface area contributed by atoms with Crippen LogP contribution in [0, 0.1) is 46.3 Å². The third-order valence-electron chi connectivity index (χ3n) is 12.4. The number of carboxylic acid groups (broad SMARTS) is 1. The number of ketones is 1. The zero-order valence-electron chi connectivity index (χ0n) is 28.6. The molecule has 0 heterocycles. The van der Waals surface area contributed by atoms with Gasteiger partial charge in [0.25, 0.3) is 0 Å². The fourth-order valence-electron chi connectivity index (χ4n) is 10.0. The number of carbonyl (C=O) groups is 2. The molecule has 258 valence electrons. The molecule has 3 saturated carbocycles. The number of Topliss-reactive ketones (excluding diaryl/α,β-unsaturated/α-hetero) is 1. The number of hydrogen-bond acceptors (Lipinski definition) is 6. The number of carbonyl (C=O) groups excluding carboxylic acids is 1. The van der Waals surface area contributed by atoms with Gasteiger partial charge in [-0.15, -0.1) is 0 Å². The van der Waals surface area contributed by atoms with Crippen molar-refractivity contribution in [2.75, 3.05) is 19.8 Å². The Morgan fingerprint density at radius 1 is 0.933 bits per heavy atom. The first-order valence-electron chi connectivity index (χ1n) is 17.9. The number of phosphoric acid groups is 1. The van der Waals surface area contributed by atoms with Gasteiger partial charge in [0.1, 0.15) is 5.78 Å². The second kappa shape index (κ2) is 15.9. The predicted molar refractivity (Wildman–Crippen MR) is 176 cm³/mol. The highest BCUT2D eigenvalue weighted by Gasteiger charge is 2.59. The Morgan fingerprint density at radius 2 is 1.69 bits per heavy atom. The van der Waals surface area contributed by atoms with Crippen LogP contribution in [0.2, 0.25) is 0 Å². The molecule has 45 heavy (non-hydrogen) atoms. The second-order valence-electron chi connectivity index (χ2n) is 15.7. The molecule has 9 atom stereocenters. The van der Waals surface area contributed by atoms with Crippen LogP contribution in [0.4, 0.5) is 0 Å². The summed E-state index contributed by atoms with van der Waals surface area (Å²) in [5, 5.41) is 8.64. The van der Waals surface area contributed by atoms with Crippen molar-refractivity contribution in [3.8, 4) is 0 Å². The molecule has 0 saturated heterocycles. The molecule has 4 aliphatic rings. The molecule has 3 fully saturated rings. The lowest BCUT2D eigenvalue weighted by molar-refractivity contribution is -0.138. The fraction of sp³-hybridized carbons (Fsp3) is 0.889. The first-order chi connectivity index (χ1) is 21.2. The van der Waals surface area contributed by atoms with Crippen molar-refractivity contribution < 1.29 is 37.9 Å². The number of carboxylic acids is 1. The summed E-state index contributed by atoms with van der Waals surface area (Å²) in [5.74, 6) is 3.70. The first-order valence-corrected chi connectivity index (χ1v) is 19.4. The third-order valence-corrected chi connectivity index (χ3v) is 13.4. The maximum absolute atomic E-state index is 12.2. The highest BCUT2D eigenvalue weighted by Crippen LogP contribution is 2.67. The normalized spacial score (nSPS) is 34.7. The van der Waals surface area contributed by atoms with E-state index in [2.05, 4.69) is 40.7 Å². The lowest BCUT2D eigenvalue weighted by Gasteiger charge is -2.58. The molecular weight excluding hydrogens is 591 g/mol. The average Bonchev–Trinajstić information content (AvgIpc) is 3.33. The minimum Gasteiger partial charge on any atom is -0.481 e. The SMILES string of the molecule is CC(C)CCC[C@@H](C)[C@H]1CCC2C3CC=C4C[C@@H](OCCOP(=O)(O)OCCCC(=O)CCC(=O)O)CC[C@]4(C)C3CC[C@@]21C. The van der Waals surface area contributed by atoms with E-state index >= 15 is 0 Å². The van der Waals surface area contributed by atoms with Gasteiger partial charge in [-0.25, -0.2) is 4.57 Å². The second-order valence-corrected chi connectivity index (χ2v) is 17.1. The van der Waals surface area contributed by atoms with Crippen LogP contribution in [0.5, 0.6) is 0 Å². The zero-order chi connectivity index (χ0) is 32.8. The monoisotopic (exact) mass is 652 g/mol. The van der Waals surface area contributed by atoms with Crippen LogP contribution in [-0.4, -0.2) is 47.7 Å². The highest BCUT2D eigenvalue weighted by atomic mass is 31.2. The Morgan fingerprint density at radius 3 is 2.42 bits per heavy atom. The Bertz CT molecular complexity index is 1090. The molecule has 0 bridgehead atoms. The molecule has 0 amide bonds. The number of phosphoric ester groups is 1. The maximum Gasteiger partial charge on any atom is 0.472 e. The van der Waals surface area contributed by atoms with Gasteiger partial charge in [-0.1, -0.05) is 65.5 Å². The largest absolute Gasteiger partial charge is 0.481 e. The molecule has 0 aromatic rings. The molecular formula is C36H61O8P. The summed E-state index contributed by atoms with van der Waals surface area (Å²) < 4.78 is 28.4. The van der Waals surface area contributed by atoms with E-state index in [-0.39, 0.29) is 62.8 Å². The van der Waals surface area contributed by atoms with E-state index in [1.165, 1.54) is 51.4 Å². The Hall–Kier alpha value is -1.05. The van der Waals surface area contributed by atoms with Crippen molar-refractivity contribution in [1.29, 1.82) is 0 Å². The summed E-state index contributed by atoms with van der Waals surface area (Å²) in [6, 6.07) is 0. The Balaban J connectivity index is 1.20. The van der Waals surface area contributed by atoms with Crippen LogP contribution in [0.25, 0.3) is 0 Å². The van der Waals surface area contributed by atoms with Gasteiger partial charge in [0.2, 0.25) is 0 Å². The van der Waals surface area contributed by atoms with E-state index in [4.69, 9.17) is 18.9 Å². The zero-order valence-corrected chi connectivity index (χ0v) is 29.5. The maximum atomic E-state index is 12.2. The fourth-order valence-corrected chi connectivity index (χ4v) is 10.8. The van der Waals surface area contributed by atoms with E-state index in [0.717, 1.165) is 54.8 Å². The molecule has 0 aromatic carbocycles. The molecule has 8 nitrogen and oxygen atoms in total. The molecule has 2 N–H and O–H groups in total. The van der Waals surface area contributed by atoms with Crippen LogP contribution in [0.15, 0.2) is 11.6 Å². The van der Waals surface area contributed by atoms with Crippen LogP contribution >= 0.6 is 7.82 Å². The minimum absolute atomic E-state index is 0.0415. The van der Waals surface area contributed by atoms with Gasteiger partial charge in [-0.05, 0) is 104 Å². The molecule has 0 radical (unpaired) electrons. The average molecular weight is 653 g/mol. The summed E-state index contributed by atoms with van der Waals surface area (Å²) in [7, 11) is -4.24. The summed E-state index contributed by atoms with van der Waals surface area (Å²) in [6.07, 6.45) is 16.7. The van der Waals surface area contributed by atoms with Crippen molar-refractivity contribution in [3.63, 3.8) is 0 Å². The number of rotatable bonds is 18. The van der Waals surface area contributed by atoms with Gasteiger partial charge in [0, 0.05) is 12.8 Å². The van der Waals surface area contributed by atoms with E-state index in [0.29, 0.717) is 5.41 Å². The van der Waals surface area contributed by atoms with Crippen LogP contribution in [-0.2, 0) is 27.9 Å². The van der Waals surface area contributed by atoms with Gasteiger partial charge in [0.05, 0.1) is 32.3 Å². The highest BCUT2D eigenvalue weighted by molar-refractivity contribution is 7.47. The van der Waals surface area contributed by atoms with Crippen molar-refractivity contribution in [1.82, 2.24) is 0 Å². The molecule has 4 unspecified atom stereocenters. The van der Waals surface area contributed by atoms with Crippen LogP contribution in [0.1, 0.15) is 131 Å². The van der Waals surface area contributed by atoms with E-state index in [1.54, 1.807) is 5.57 Å². The number of allylic oxidation sites excluding steroid dienone is 1. The van der Waals surface area contributed by atoms with Crippen LogP contribution in [0.3, 0.4) is 0 Å². The summed E-state index contributed by atoms with van der Waals surface area (Å²) in [6.45, 7) is 12.5. The quantitative estimate of drug-likeness (QED) is 0.0857. The van der Waals surface area contributed by atoms with Crippen molar-refractivity contribution in [2.24, 2.45) is 46.3 Å². The smallest absolute Gasteiger partial charge is 0.472 e. The van der Waals surface area contributed by atoms with Gasteiger partial charge >= 0.3 is 13.8 Å². The van der Waals surface area contributed by atoms with Gasteiger partial charge in [-0.3, -0.25) is 18.6 Å². The van der Waals surface area contributed by atoms with E-state index in [1.807, 2.05) is 0 Å². The predicted octanol–water partition coefficient (Wildman–Crippen LogP) is 8.76. The van der Waals surface area contributed by atoms with Gasteiger partial charge in [0.15, 0.2) is 0 Å². The number of ether oxygens (including phenoxy) is 1. The molecule has 9 heteroatoms. The summed E-state index contributed by atoms with van der Waals surface area (Å²) in [5.41, 5.74) is 2.32. The number of hydrogen-bond donors (Lipinski definition) is 2. The third kappa shape index (κ3) is 9.31. The Kier molecular flexibility index (Phi) is 13.0. The minimum atomic E-state index is -4.24. The summed E-state index contributed by atoms with van der Waals surface area (Å²) >= 11 is 0. The van der Waals surface area contributed by atoms with Crippen molar-refractivity contribution in [2.45, 2.75) is 137 Å². The number of fused-ring (bicyclic) bond motifs is 5. The van der Waals surface area contributed by atoms with Crippen molar-refractivity contribution in [3.05, 3.63) is 11.6 Å². The summed E-state index contributed by atoms with van der Waals surface area (Å²) in [4.78, 5) is 32.2. The van der Waals surface area contributed by atoms with Gasteiger partial charge < -0.3 is 14.7 Å². The molecule has 4 rings (SSSR count). The molecule has 4 aliphatic carbocycles. The standard InChI is InChI=1S/C36H61O8P/c1-25(2)8-6-9-26(3)31-14-15-32-30-13-11-27-24-29(17-19-35(27,4)33(30)18-20-36(31,32)5)42-22-23-44-45(40,41)43-21-7-10-28(37)12-16-34(38)39/h11,25-26,29-33H,6-10,12-24H2,1-5H3,(H,38,39)(H,40,41)/t26-,29+,30?,31-,32?,33?,35+,36-/m1/s1. The van der Waals surface area contributed by atoms with Crippen molar-refractivity contribution >= 4 is 19.6 Å².